The number of aromatic nitrogens is 4. The first-order valence-electron chi connectivity index (χ1n) is 6.41. The van der Waals surface area contributed by atoms with Crippen LogP contribution in [0, 0.1) is 13.8 Å². The van der Waals surface area contributed by atoms with Crippen LogP contribution in [-0.4, -0.2) is 19.3 Å². The largest absolute Gasteiger partial charge is 0.418 e. The van der Waals surface area contributed by atoms with Crippen molar-refractivity contribution in [3.8, 4) is 0 Å². The molecule has 0 saturated heterocycles. The molecule has 2 heterocycles. The summed E-state index contributed by atoms with van der Waals surface area (Å²) < 4.78 is 41.5. The van der Waals surface area contributed by atoms with Gasteiger partial charge in [0.15, 0.2) is 5.82 Å². The molecule has 0 spiro atoms. The lowest BCUT2D eigenvalue weighted by atomic mass is 10.1. The minimum atomic E-state index is -4.49. The van der Waals surface area contributed by atoms with Gasteiger partial charge in [0.25, 0.3) is 5.56 Å². The maximum atomic E-state index is 12.9. The lowest BCUT2D eigenvalue weighted by Gasteiger charge is -2.13. The highest BCUT2D eigenvalue weighted by Crippen LogP contribution is 2.30. The molecule has 0 amide bonds. The molecule has 2 aromatic heterocycles. The van der Waals surface area contributed by atoms with Gasteiger partial charge in [-0.1, -0.05) is 0 Å². The molecule has 0 aliphatic carbocycles. The quantitative estimate of drug-likeness (QED) is 0.872. The zero-order valence-corrected chi connectivity index (χ0v) is 11.9. The Bertz CT molecular complexity index is 715. The van der Waals surface area contributed by atoms with E-state index >= 15 is 0 Å². The highest BCUT2D eigenvalue weighted by molar-refractivity contribution is 5.25. The van der Waals surface area contributed by atoms with E-state index in [4.69, 9.17) is 0 Å². The number of hydrogen-bond donors (Lipinski definition) is 0. The summed E-state index contributed by atoms with van der Waals surface area (Å²) in [5.74, 6) is 1.11. The summed E-state index contributed by atoms with van der Waals surface area (Å²) in [6.07, 6.45) is -3.66. The molecule has 0 N–H and O–H groups in total. The van der Waals surface area contributed by atoms with Crippen molar-refractivity contribution < 1.29 is 13.2 Å². The Labute approximate surface area is 119 Å². The highest BCUT2D eigenvalue weighted by atomic mass is 19.4. The van der Waals surface area contributed by atoms with Crippen molar-refractivity contribution in [1.29, 1.82) is 0 Å². The van der Waals surface area contributed by atoms with E-state index in [1.165, 1.54) is 6.92 Å². The van der Waals surface area contributed by atoms with E-state index in [9.17, 15) is 18.0 Å². The molecule has 2 aromatic rings. The van der Waals surface area contributed by atoms with E-state index in [-0.39, 0.29) is 12.1 Å². The van der Waals surface area contributed by atoms with Gasteiger partial charge in [0.05, 0.1) is 12.1 Å². The van der Waals surface area contributed by atoms with Gasteiger partial charge in [0, 0.05) is 18.8 Å². The molecule has 0 aliphatic rings. The lowest BCUT2D eigenvalue weighted by molar-refractivity contribution is -0.138. The van der Waals surface area contributed by atoms with Gasteiger partial charge in [-0.15, -0.1) is 10.2 Å². The van der Waals surface area contributed by atoms with Crippen LogP contribution in [0.15, 0.2) is 17.1 Å². The Balaban J connectivity index is 2.47. The molecule has 114 valence electrons. The number of rotatable bonds is 3. The van der Waals surface area contributed by atoms with Crippen LogP contribution in [0.5, 0.6) is 0 Å². The van der Waals surface area contributed by atoms with Gasteiger partial charge < -0.3 is 9.13 Å². The molecule has 21 heavy (non-hydrogen) atoms. The van der Waals surface area contributed by atoms with Crippen molar-refractivity contribution in [2.75, 3.05) is 0 Å². The molecule has 2 rings (SSSR count). The first kappa shape index (κ1) is 15.3. The predicted octanol–water partition coefficient (Wildman–Crippen LogP) is 2.14. The normalized spacial score (nSPS) is 11.9. The second kappa shape index (κ2) is 5.34. The minimum Gasteiger partial charge on any atom is -0.314 e. The standard InChI is InChI=1S/C13H15F3N4O/c1-4-20-9(3)17-18-11(20)7-19-6-10(13(14,15)16)8(2)5-12(19)21/h5-6H,4,7H2,1-3H3. The SMILES string of the molecule is CCn1c(C)nnc1Cn1cc(C(F)(F)F)c(C)cc1=O. The molecule has 0 aromatic carbocycles. The smallest absolute Gasteiger partial charge is 0.314 e. The van der Waals surface area contributed by atoms with Crippen molar-refractivity contribution in [2.24, 2.45) is 0 Å². The number of alkyl halides is 3. The Hall–Kier alpha value is -2.12. The van der Waals surface area contributed by atoms with Gasteiger partial charge in [-0.2, -0.15) is 13.2 Å². The average molecular weight is 300 g/mol. The van der Waals surface area contributed by atoms with Gasteiger partial charge in [-0.05, 0) is 26.3 Å². The molecule has 0 radical (unpaired) electrons. The maximum absolute atomic E-state index is 12.9. The number of nitrogens with zero attached hydrogens (tertiary/aromatic N) is 4. The summed E-state index contributed by atoms with van der Waals surface area (Å²) in [6, 6.07) is 0.988. The monoisotopic (exact) mass is 300 g/mol. The van der Waals surface area contributed by atoms with Crippen molar-refractivity contribution in [3.05, 3.63) is 45.4 Å². The Morgan fingerprint density at radius 2 is 1.90 bits per heavy atom. The average Bonchev–Trinajstić information content (AvgIpc) is 2.71. The number of aryl methyl sites for hydroxylation is 2. The van der Waals surface area contributed by atoms with Crippen LogP contribution in [-0.2, 0) is 19.3 Å². The summed E-state index contributed by atoms with van der Waals surface area (Å²) in [5, 5.41) is 7.79. The van der Waals surface area contributed by atoms with E-state index in [0.29, 0.717) is 18.2 Å². The molecular weight excluding hydrogens is 285 g/mol. The van der Waals surface area contributed by atoms with Gasteiger partial charge >= 0.3 is 6.18 Å². The Kier molecular flexibility index (Phi) is 3.89. The fourth-order valence-corrected chi connectivity index (χ4v) is 2.19. The summed E-state index contributed by atoms with van der Waals surface area (Å²) in [7, 11) is 0. The number of pyridine rings is 1. The maximum Gasteiger partial charge on any atom is 0.418 e. The summed E-state index contributed by atoms with van der Waals surface area (Å²) in [4.78, 5) is 11.9. The third-order valence-corrected chi connectivity index (χ3v) is 3.28. The van der Waals surface area contributed by atoms with Crippen LogP contribution in [0.3, 0.4) is 0 Å². The van der Waals surface area contributed by atoms with Crippen molar-refractivity contribution >= 4 is 0 Å². The van der Waals surface area contributed by atoms with Crippen LogP contribution in [0.2, 0.25) is 0 Å². The third-order valence-electron chi connectivity index (χ3n) is 3.28. The van der Waals surface area contributed by atoms with Crippen LogP contribution >= 0.6 is 0 Å². The Morgan fingerprint density at radius 3 is 2.48 bits per heavy atom. The zero-order valence-electron chi connectivity index (χ0n) is 11.9. The van der Waals surface area contributed by atoms with E-state index in [2.05, 4.69) is 10.2 Å². The predicted molar refractivity (Wildman–Crippen MR) is 70.0 cm³/mol. The van der Waals surface area contributed by atoms with E-state index in [1.54, 1.807) is 11.5 Å². The summed E-state index contributed by atoms with van der Waals surface area (Å²) in [5.41, 5.74) is -1.40. The Morgan fingerprint density at radius 1 is 1.24 bits per heavy atom. The molecular formula is C13H15F3N4O. The molecule has 0 unspecified atom stereocenters. The lowest BCUT2D eigenvalue weighted by Crippen LogP contribution is -2.25. The van der Waals surface area contributed by atoms with Gasteiger partial charge in [0.1, 0.15) is 5.82 Å². The molecule has 5 nitrogen and oxygen atoms in total. The van der Waals surface area contributed by atoms with Crippen LogP contribution in [0.4, 0.5) is 13.2 Å². The van der Waals surface area contributed by atoms with Gasteiger partial charge in [0.2, 0.25) is 0 Å². The molecule has 0 atom stereocenters. The van der Waals surface area contributed by atoms with Crippen LogP contribution in [0.25, 0.3) is 0 Å². The second-order valence-corrected chi connectivity index (χ2v) is 4.74. The third kappa shape index (κ3) is 2.98. The van der Waals surface area contributed by atoms with E-state index < -0.39 is 17.3 Å². The van der Waals surface area contributed by atoms with Crippen LogP contribution in [0.1, 0.15) is 29.7 Å². The van der Waals surface area contributed by atoms with Gasteiger partial charge in [-0.25, -0.2) is 0 Å². The zero-order chi connectivity index (χ0) is 15.8. The molecule has 0 saturated carbocycles. The molecule has 0 fully saturated rings. The van der Waals surface area contributed by atoms with Gasteiger partial charge in [-0.3, -0.25) is 4.79 Å². The first-order valence-corrected chi connectivity index (χ1v) is 6.41. The topological polar surface area (TPSA) is 52.7 Å². The highest BCUT2D eigenvalue weighted by Gasteiger charge is 2.33. The molecule has 8 heteroatoms. The number of hydrogen-bond acceptors (Lipinski definition) is 3. The summed E-state index contributed by atoms with van der Waals surface area (Å²) in [6.45, 7) is 5.43. The second-order valence-electron chi connectivity index (χ2n) is 4.74. The number of halogens is 3. The minimum absolute atomic E-state index is 0.0448. The molecule has 0 aliphatic heterocycles. The summed E-state index contributed by atoms with van der Waals surface area (Å²) >= 11 is 0. The first-order chi connectivity index (χ1) is 9.74. The van der Waals surface area contributed by atoms with Crippen molar-refractivity contribution in [1.82, 2.24) is 19.3 Å². The molecule has 0 bridgehead atoms. The van der Waals surface area contributed by atoms with E-state index in [1.807, 2.05) is 6.92 Å². The van der Waals surface area contributed by atoms with Crippen molar-refractivity contribution in [2.45, 2.75) is 40.0 Å². The fourth-order valence-electron chi connectivity index (χ4n) is 2.19. The van der Waals surface area contributed by atoms with Crippen molar-refractivity contribution in [3.63, 3.8) is 0 Å². The fraction of sp³-hybridized carbons (Fsp3) is 0.462. The van der Waals surface area contributed by atoms with E-state index in [0.717, 1.165) is 16.8 Å². The van der Waals surface area contributed by atoms with Crippen LogP contribution < -0.4 is 5.56 Å².